The summed E-state index contributed by atoms with van der Waals surface area (Å²) in [5, 5.41) is 18.4. The molecular weight excluding hydrogens is 469 g/mol. The standard InChI is InChI=1S/C24H29ClFN9/c25-18-13-28-24(31-23(18)27-12-16-4-3-9-34-8-2-1-5-21(16)34)30-20-11-22(35-14-29-32-33-35)17(10-19(20)26)15-6-7-15/h10-11,13-16,21H,1-9,12H2,(H2,27,28,30,31). The van der Waals surface area contributed by atoms with E-state index < -0.39 is 0 Å². The fraction of sp³-hybridized carbons (Fsp3) is 0.542. The zero-order valence-corrected chi connectivity index (χ0v) is 20.3. The van der Waals surface area contributed by atoms with Crippen molar-refractivity contribution in [3.05, 3.63) is 41.1 Å². The van der Waals surface area contributed by atoms with Crippen molar-refractivity contribution >= 4 is 29.1 Å². The highest BCUT2D eigenvalue weighted by Gasteiger charge is 2.33. The van der Waals surface area contributed by atoms with Crippen LogP contribution in [0.5, 0.6) is 0 Å². The molecule has 6 rings (SSSR count). The third-order valence-electron chi connectivity index (χ3n) is 7.48. The van der Waals surface area contributed by atoms with Gasteiger partial charge in [0.25, 0.3) is 0 Å². The van der Waals surface area contributed by atoms with E-state index in [0.29, 0.717) is 28.7 Å². The number of benzene rings is 1. The van der Waals surface area contributed by atoms with Gasteiger partial charge in [-0.3, -0.25) is 0 Å². The van der Waals surface area contributed by atoms with Gasteiger partial charge in [0, 0.05) is 12.6 Å². The van der Waals surface area contributed by atoms with Crippen LogP contribution in [0.25, 0.3) is 5.69 Å². The zero-order chi connectivity index (χ0) is 23.8. The maximum Gasteiger partial charge on any atom is 0.229 e. The van der Waals surface area contributed by atoms with Crippen molar-refractivity contribution < 1.29 is 4.39 Å². The van der Waals surface area contributed by atoms with Crippen molar-refractivity contribution in [2.75, 3.05) is 30.3 Å². The number of rotatable bonds is 7. The normalized spacial score (nSPS) is 22.6. The summed E-state index contributed by atoms with van der Waals surface area (Å²) in [6.07, 6.45) is 11.4. The molecule has 0 bridgehead atoms. The van der Waals surface area contributed by atoms with Gasteiger partial charge in [-0.15, -0.1) is 5.10 Å². The molecule has 184 valence electrons. The molecule has 11 heteroatoms. The van der Waals surface area contributed by atoms with Crippen molar-refractivity contribution in [3.63, 3.8) is 0 Å². The maximum absolute atomic E-state index is 15.0. The number of halogens is 2. The lowest BCUT2D eigenvalue weighted by Crippen LogP contribution is -2.49. The van der Waals surface area contributed by atoms with Crippen molar-refractivity contribution in [2.45, 2.75) is 56.9 Å². The number of hydrogen-bond donors (Lipinski definition) is 2. The summed E-state index contributed by atoms with van der Waals surface area (Å²) in [6.45, 7) is 3.23. The van der Waals surface area contributed by atoms with Crippen molar-refractivity contribution in [3.8, 4) is 5.69 Å². The van der Waals surface area contributed by atoms with E-state index >= 15 is 4.39 Å². The summed E-state index contributed by atoms with van der Waals surface area (Å²) in [7, 11) is 0. The number of nitrogens with zero attached hydrogens (tertiary/aromatic N) is 7. The monoisotopic (exact) mass is 497 g/mol. The average molecular weight is 498 g/mol. The lowest BCUT2D eigenvalue weighted by atomic mass is 9.83. The molecule has 3 aliphatic rings. The van der Waals surface area contributed by atoms with Gasteiger partial charge >= 0.3 is 0 Å². The Hall–Kier alpha value is -2.85. The molecule has 2 aromatic heterocycles. The zero-order valence-electron chi connectivity index (χ0n) is 19.5. The fourth-order valence-electron chi connectivity index (χ4n) is 5.58. The highest BCUT2D eigenvalue weighted by molar-refractivity contribution is 6.32. The average Bonchev–Trinajstić information content (AvgIpc) is 3.58. The minimum absolute atomic E-state index is 0.262. The van der Waals surface area contributed by atoms with Crippen molar-refractivity contribution in [1.29, 1.82) is 0 Å². The number of nitrogens with one attached hydrogen (secondary N) is 2. The van der Waals surface area contributed by atoms with Crippen LogP contribution in [0.15, 0.2) is 24.7 Å². The highest BCUT2D eigenvalue weighted by atomic mass is 35.5. The first-order valence-corrected chi connectivity index (χ1v) is 12.9. The molecule has 1 aromatic carbocycles. The Kier molecular flexibility index (Phi) is 6.24. The van der Waals surface area contributed by atoms with E-state index in [2.05, 4.69) is 41.0 Å². The molecule has 0 radical (unpaired) electrons. The van der Waals surface area contributed by atoms with E-state index in [0.717, 1.165) is 30.6 Å². The topological polar surface area (TPSA) is 96.7 Å². The first kappa shape index (κ1) is 22.6. The Labute approximate surface area is 208 Å². The Morgan fingerprint density at radius 3 is 2.80 bits per heavy atom. The molecule has 0 spiro atoms. The van der Waals surface area contributed by atoms with Gasteiger partial charge in [0.1, 0.15) is 17.2 Å². The van der Waals surface area contributed by atoms with Crippen LogP contribution in [0.4, 0.5) is 21.8 Å². The Morgan fingerprint density at radius 1 is 1.09 bits per heavy atom. The predicted octanol–water partition coefficient (Wildman–Crippen LogP) is 4.54. The molecule has 2 unspecified atom stereocenters. The van der Waals surface area contributed by atoms with Gasteiger partial charge in [0.2, 0.25) is 5.95 Å². The molecule has 1 saturated carbocycles. The van der Waals surface area contributed by atoms with Crippen LogP contribution < -0.4 is 10.6 Å². The second-order valence-corrected chi connectivity index (χ2v) is 10.2. The van der Waals surface area contributed by atoms with E-state index in [1.807, 2.05) is 0 Å². The molecule has 2 N–H and O–H groups in total. The minimum atomic E-state index is -0.364. The molecule has 3 aromatic rings. The number of hydrogen-bond acceptors (Lipinski definition) is 8. The second kappa shape index (κ2) is 9.66. The van der Waals surface area contributed by atoms with Gasteiger partial charge in [0.05, 0.1) is 17.6 Å². The van der Waals surface area contributed by atoms with Crippen LogP contribution in [0.1, 0.15) is 56.4 Å². The first-order chi connectivity index (χ1) is 17.2. The molecule has 9 nitrogen and oxygen atoms in total. The number of piperidine rings is 2. The van der Waals surface area contributed by atoms with Gasteiger partial charge in [-0.25, -0.2) is 14.1 Å². The number of fused-ring (bicyclic) bond motifs is 1. The van der Waals surface area contributed by atoms with Crippen LogP contribution in [0.3, 0.4) is 0 Å². The lowest BCUT2D eigenvalue weighted by Gasteiger charge is -2.44. The molecule has 0 amide bonds. The molecule has 4 heterocycles. The van der Waals surface area contributed by atoms with E-state index in [1.165, 1.54) is 51.5 Å². The summed E-state index contributed by atoms with van der Waals surface area (Å²) in [5.74, 6) is 1.38. The van der Waals surface area contributed by atoms with Gasteiger partial charge in [-0.05, 0) is 91.6 Å². The van der Waals surface area contributed by atoms with Crippen LogP contribution in [-0.2, 0) is 0 Å². The highest BCUT2D eigenvalue weighted by Crippen LogP contribution is 2.44. The summed E-state index contributed by atoms with van der Waals surface area (Å²) < 4.78 is 16.6. The summed E-state index contributed by atoms with van der Waals surface area (Å²) >= 11 is 6.42. The maximum atomic E-state index is 15.0. The lowest BCUT2D eigenvalue weighted by molar-refractivity contribution is 0.0649. The van der Waals surface area contributed by atoms with Gasteiger partial charge in [-0.2, -0.15) is 4.98 Å². The third kappa shape index (κ3) is 4.81. The van der Waals surface area contributed by atoms with Crippen LogP contribution in [0.2, 0.25) is 5.02 Å². The smallest absolute Gasteiger partial charge is 0.229 e. The largest absolute Gasteiger partial charge is 0.368 e. The fourth-order valence-corrected chi connectivity index (χ4v) is 5.74. The Morgan fingerprint density at radius 2 is 1.97 bits per heavy atom. The van der Waals surface area contributed by atoms with E-state index in [-0.39, 0.29) is 17.5 Å². The molecule has 1 aliphatic carbocycles. The summed E-state index contributed by atoms with van der Waals surface area (Å²) in [6, 6.07) is 3.90. The Bertz CT molecular complexity index is 1180. The molecule has 2 aliphatic heterocycles. The van der Waals surface area contributed by atoms with E-state index in [9.17, 15) is 0 Å². The third-order valence-corrected chi connectivity index (χ3v) is 7.76. The molecule has 35 heavy (non-hydrogen) atoms. The number of tetrazole rings is 1. The van der Waals surface area contributed by atoms with Crippen molar-refractivity contribution in [1.82, 2.24) is 35.1 Å². The van der Waals surface area contributed by atoms with Gasteiger partial charge < -0.3 is 15.5 Å². The molecular formula is C24H29ClFN9. The summed E-state index contributed by atoms with van der Waals surface area (Å²) in [4.78, 5) is 11.5. The minimum Gasteiger partial charge on any atom is -0.368 e. The molecule has 2 atom stereocenters. The molecule has 2 saturated heterocycles. The van der Waals surface area contributed by atoms with Crippen LogP contribution >= 0.6 is 11.6 Å². The van der Waals surface area contributed by atoms with Gasteiger partial charge in [0.15, 0.2) is 5.82 Å². The predicted molar refractivity (Wildman–Crippen MR) is 132 cm³/mol. The SMILES string of the molecule is Fc1cc(C2CC2)c(-n2cnnn2)cc1Nc1ncc(Cl)c(NCC2CCCN3CCCCC23)n1. The Balaban J connectivity index is 1.20. The number of anilines is 3. The van der Waals surface area contributed by atoms with Gasteiger partial charge in [-0.1, -0.05) is 18.0 Å². The first-order valence-electron chi connectivity index (χ1n) is 12.5. The van der Waals surface area contributed by atoms with Crippen LogP contribution in [0, 0.1) is 11.7 Å². The van der Waals surface area contributed by atoms with E-state index in [4.69, 9.17) is 11.6 Å². The molecule has 3 fully saturated rings. The van der Waals surface area contributed by atoms with Crippen molar-refractivity contribution in [2.24, 2.45) is 5.92 Å². The number of aromatic nitrogens is 6. The van der Waals surface area contributed by atoms with E-state index in [1.54, 1.807) is 23.0 Å². The second-order valence-electron chi connectivity index (χ2n) is 9.82. The van der Waals surface area contributed by atoms with Crippen LogP contribution in [-0.4, -0.2) is 60.8 Å². The summed E-state index contributed by atoms with van der Waals surface area (Å²) in [5.41, 5.74) is 1.92. The quantitative estimate of drug-likeness (QED) is 0.491.